The summed E-state index contributed by atoms with van der Waals surface area (Å²) in [6, 6.07) is 14.1. The van der Waals surface area contributed by atoms with E-state index in [0.29, 0.717) is 41.5 Å². The molecule has 0 fully saturated rings. The van der Waals surface area contributed by atoms with Crippen molar-refractivity contribution in [1.29, 1.82) is 0 Å². The number of benzene rings is 2. The molecule has 33 heavy (non-hydrogen) atoms. The third kappa shape index (κ3) is 7.62. The Bertz CT molecular complexity index is 1100. The summed E-state index contributed by atoms with van der Waals surface area (Å²) in [5.41, 5.74) is 7.62. The molecule has 1 aromatic heterocycles. The molecule has 0 atom stereocenters. The predicted octanol–water partition coefficient (Wildman–Crippen LogP) is 4.26. The van der Waals surface area contributed by atoms with E-state index in [0.717, 1.165) is 11.1 Å². The summed E-state index contributed by atoms with van der Waals surface area (Å²) in [4.78, 5) is 36.0. The van der Waals surface area contributed by atoms with Gasteiger partial charge in [-0.15, -0.1) is 0 Å². The highest BCUT2D eigenvalue weighted by atomic mass is 35.5. The third-order valence-corrected chi connectivity index (χ3v) is 5.82. The summed E-state index contributed by atoms with van der Waals surface area (Å²) < 4.78 is 5.75. The van der Waals surface area contributed by atoms with Crippen molar-refractivity contribution >= 4 is 40.7 Å². The predicted molar refractivity (Wildman–Crippen MR) is 128 cm³/mol. The maximum atomic E-state index is 12.2. The highest BCUT2D eigenvalue weighted by molar-refractivity contribution is 7.08. The van der Waals surface area contributed by atoms with Crippen molar-refractivity contribution in [3.8, 4) is 5.75 Å². The number of rotatable bonds is 9. The first-order valence-electron chi connectivity index (χ1n) is 10.3. The largest absolute Gasteiger partial charge is 0.489 e. The maximum Gasteiger partial charge on any atom is 0.269 e. The number of aryl methyl sites for hydroxylation is 1. The van der Waals surface area contributed by atoms with Crippen molar-refractivity contribution in [3.63, 3.8) is 0 Å². The monoisotopic (exact) mass is 485 g/mol. The van der Waals surface area contributed by atoms with Crippen molar-refractivity contribution in [2.24, 2.45) is 0 Å². The van der Waals surface area contributed by atoms with Crippen LogP contribution in [0.25, 0.3) is 0 Å². The highest BCUT2D eigenvalue weighted by Gasteiger charge is 2.09. The molecule has 0 saturated carbocycles. The topological polar surface area (TPSA) is 96.5 Å². The number of amides is 3. The van der Waals surface area contributed by atoms with Gasteiger partial charge in [0.25, 0.3) is 11.8 Å². The van der Waals surface area contributed by atoms with Gasteiger partial charge < -0.3 is 10.1 Å². The van der Waals surface area contributed by atoms with Gasteiger partial charge in [0, 0.05) is 34.5 Å². The van der Waals surface area contributed by atoms with Crippen molar-refractivity contribution < 1.29 is 19.1 Å². The SMILES string of the molecule is Cc1cc(OCc2ccc(C(=O)NNC(=O)CCCNC(=O)c3ccsc3)cc2)ccc1Cl. The van der Waals surface area contributed by atoms with Crippen LogP contribution in [0, 0.1) is 6.92 Å². The van der Waals surface area contributed by atoms with Crippen molar-refractivity contribution in [2.75, 3.05) is 6.54 Å². The van der Waals surface area contributed by atoms with Crippen LogP contribution in [0.5, 0.6) is 5.75 Å². The molecule has 0 bridgehead atoms. The lowest BCUT2D eigenvalue weighted by Gasteiger charge is -2.10. The molecule has 0 unspecified atom stereocenters. The summed E-state index contributed by atoms with van der Waals surface area (Å²) in [5.74, 6) is -0.208. The normalized spacial score (nSPS) is 10.4. The lowest BCUT2D eigenvalue weighted by atomic mass is 10.1. The first kappa shape index (κ1) is 24.3. The van der Waals surface area contributed by atoms with E-state index < -0.39 is 5.91 Å². The quantitative estimate of drug-likeness (QED) is 0.311. The Morgan fingerprint density at radius 1 is 0.970 bits per heavy atom. The van der Waals surface area contributed by atoms with Crippen LogP contribution < -0.4 is 20.9 Å². The van der Waals surface area contributed by atoms with Gasteiger partial charge in [-0.05, 0) is 66.2 Å². The molecular weight excluding hydrogens is 462 g/mol. The van der Waals surface area contributed by atoms with Crippen LogP contribution in [0.3, 0.4) is 0 Å². The van der Waals surface area contributed by atoms with Gasteiger partial charge in [0.1, 0.15) is 12.4 Å². The van der Waals surface area contributed by atoms with Crippen molar-refractivity contribution in [1.82, 2.24) is 16.2 Å². The second kappa shape index (κ2) is 12.0. The summed E-state index contributed by atoms with van der Waals surface area (Å²) in [6.07, 6.45) is 0.629. The molecule has 7 nitrogen and oxygen atoms in total. The molecule has 3 amide bonds. The molecule has 2 aromatic carbocycles. The second-order valence-corrected chi connectivity index (χ2v) is 8.46. The minimum atomic E-state index is -0.421. The Labute approximate surface area is 201 Å². The van der Waals surface area contributed by atoms with Crippen LogP contribution >= 0.6 is 22.9 Å². The van der Waals surface area contributed by atoms with E-state index in [2.05, 4.69) is 16.2 Å². The summed E-state index contributed by atoms with van der Waals surface area (Å²) in [7, 11) is 0. The Hall–Kier alpha value is -3.36. The van der Waals surface area contributed by atoms with E-state index in [1.54, 1.807) is 47.8 Å². The molecule has 0 aliphatic heterocycles. The van der Waals surface area contributed by atoms with Gasteiger partial charge in [-0.3, -0.25) is 25.2 Å². The van der Waals surface area contributed by atoms with Crippen molar-refractivity contribution in [2.45, 2.75) is 26.4 Å². The molecule has 0 aliphatic rings. The van der Waals surface area contributed by atoms with E-state index in [1.165, 1.54) is 11.3 Å². The standard InChI is InChI=1S/C24H24ClN3O4S/c1-16-13-20(8-9-21(16)25)32-14-17-4-6-18(7-5-17)24(31)28-27-22(29)3-2-11-26-23(30)19-10-12-33-15-19/h4-10,12-13,15H,2-3,11,14H2,1H3,(H,26,30)(H,27,29)(H,28,31). The third-order valence-electron chi connectivity index (χ3n) is 4.72. The number of hydrogen-bond acceptors (Lipinski definition) is 5. The number of halogens is 1. The fourth-order valence-electron chi connectivity index (χ4n) is 2.83. The van der Waals surface area contributed by atoms with Gasteiger partial charge in [-0.2, -0.15) is 11.3 Å². The van der Waals surface area contributed by atoms with E-state index in [4.69, 9.17) is 16.3 Å². The van der Waals surface area contributed by atoms with E-state index in [1.807, 2.05) is 18.4 Å². The van der Waals surface area contributed by atoms with Gasteiger partial charge in [-0.25, -0.2) is 0 Å². The molecule has 0 radical (unpaired) electrons. The average Bonchev–Trinajstić information content (AvgIpc) is 3.36. The maximum absolute atomic E-state index is 12.2. The molecule has 0 saturated heterocycles. The second-order valence-electron chi connectivity index (χ2n) is 7.27. The molecule has 1 heterocycles. The van der Waals surface area contributed by atoms with Crippen LogP contribution in [-0.4, -0.2) is 24.3 Å². The molecule has 9 heteroatoms. The zero-order valence-corrected chi connectivity index (χ0v) is 19.6. The van der Waals surface area contributed by atoms with Gasteiger partial charge in [0.2, 0.25) is 5.91 Å². The fraction of sp³-hybridized carbons (Fsp3) is 0.208. The summed E-state index contributed by atoms with van der Waals surface area (Å²) in [5, 5.41) is 7.02. The number of nitrogens with one attached hydrogen (secondary N) is 3. The number of carbonyl (C=O) groups excluding carboxylic acids is 3. The number of hydrazine groups is 1. The van der Waals surface area contributed by atoms with E-state index in [9.17, 15) is 14.4 Å². The zero-order valence-electron chi connectivity index (χ0n) is 18.0. The average molecular weight is 486 g/mol. The fourth-order valence-corrected chi connectivity index (χ4v) is 3.59. The molecule has 3 aromatic rings. The van der Waals surface area contributed by atoms with Crippen LogP contribution in [-0.2, 0) is 11.4 Å². The lowest BCUT2D eigenvalue weighted by Crippen LogP contribution is -2.41. The van der Waals surface area contributed by atoms with E-state index >= 15 is 0 Å². The number of carbonyl (C=O) groups is 3. The highest BCUT2D eigenvalue weighted by Crippen LogP contribution is 2.22. The molecule has 3 rings (SSSR count). The molecule has 3 N–H and O–H groups in total. The molecule has 0 spiro atoms. The molecule has 0 aliphatic carbocycles. The van der Waals surface area contributed by atoms with Gasteiger partial charge in [0.15, 0.2) is 0 Å². The lowest BCUT2D eigenvalue weighted by molar-refractivity contribution is -0.121. The summed E-state index contributed by atoms with van der Waals surface area (Å²) >= 11 is 7.46. The van der Waals surface area contributed by atoms with Crippen LogP contribution in [0.2, 0.25) is 5.02 Å². The van der Waals surface area contributed by atoms with Gasteiger partial charge in [-0.1, -0.05) is 23.7 Å². The Morgan fingerprint density at radius 3 is 2.45 bits per heavy atom. The first-order chi connectivity index (χ1) is 15.9. The number of ether oxygens (including phenoxy) is 1. The van der Waals surface area contributed by atoms with E-state index in [-0.39, 0.29) is 18.2 Å². The van der Waals surface area contributed by atoms with Gasteiger partial charge in [0.05, 0.1) is 0 Å². The van der Waals surface area contributed by atoms with Crippen LogP contribution in [0.15, 0.2) is 59.3 Å². The van der Waals surface area contributed by atoms with Crippen molar-refractivity contribution in [3.05, 3.63) is 86.6 Å². The Kier molecular flexibility index (Phi) is 8.86. The summed E-state index contributed by atoms with van der Waals surface area (Å²) in [6.45, 7) is 2.63. The first-order valence-corrected chi connectivity index (χ1v) is 11.6. The van der Waals surface area contributed by atoms with Crippen LogP contribution in [0.1, 0.15) is 44.7 Å². The number of thiophene rings is 1. The van der Waals surface area contributed by atoms with Crippen LogP contribution in [0.4, 0.5) is 0 Å². The Morgan fingerprint density at radius 2 is 1.76 bits per heavy atom. The smallest absolute Gasteiger partial charge is 0.269 e. The number of hydrogen-bond donors (Lipinski definition) is 3. The Balaban J connectivity index is 1.35. The molecule has 172 valence electrons. The van der Waals surface area contributed by atoms with Gasteiger partial charge >= 0.3 is 0 Å². The molecular formula is C24H24ClN3O4S. The zero-order chi connectivity index (χ0) is 23.6. The minimum Gasteiger partial charge on any atom is -0.489 e. The minimum absolute atomic E-state index is 0.165.